The molecule has 1 aromatic heterocycles. The van der Waals surface area contributed by atoms with Gasteiger partial charge in [0.05, 0.1) is 13.3 Å². The molecule has 0 bridgehead atoms. The van der Waals surface area contributed by atoms with Crippen LogP contribution in [-0.2, 0) is 6.42 Å². The number of aromatic amines is 1. The van der Waals surface area contributed by atoms with Crippen molar-refractivity contribution in [3.63, 3.8) is 0 Å². The van der Waals surface area contributed by atoms with Crippen LogP contribution in [0.5, 0.6) is 5.75 Å². The van der Waals surface area contributed by atoms with Gasteiger partial charge in [-0.2, -0.15) is 14.9 Å². The highest BCUT2D eigenvalue weighted by atomic mass is 35.5. The van der Waals surface area contributed by atoms with Crippen molar-refractivity contribution in [2.24, 2.45) is 5.10 Å². The molecule has 1 heterocycles. The summed E-state index contributed by atoms with van der Waals surface area (Å²) in [7, 11) is 1.64. The lowest BCUT2D eigenvalue weighted by atomic mass is 10.1. The highest BCUT2D eigenvalue weighted by Crippen LogP contribution is 2.14. The van der Waals surface area contributed by atoms with Crippen molar-refractivity contribution in [2.75, 3.05) is 7.11 Å². The van der Waals surface area contributed by atoms with Crippen molar-refractivity contribution in [3.05, 3.63) is 75.3 Å². The number of halogens is 1. The summed E-state index contributed by atoms with van der Waals surface area (Å²) >= 11 is 11.1. The molecule has 3 aromatic rings. The molecule has 0 amide bonds. The third-order valence-corrected chi connectivity index (χ3v) is 3.95. The Labute approximate surface area is 149 Å². The van der Waals surface area contributed by atoms with E-state index in [-0.39, 0.29) is 0 Å². The van der Waals surface area contributed by atoms with Crippen molar-refractivity contribution in [1.29, 1.82) is 0 Å². The predicted octanol–water partition coefficient (Wildman–Crippen LogP) is 4.08. The number of rotatable bonds is 5. The monoisotopic (exact) mass is 358 g/mol. The van der Waals surface area contributed by atoms with Gasteiger partial charge in [-0.1, -0.05) is 35.9 Å². The van der Waals surface area contributed by atoms with Crippen LogP contribution in [0.3, 0.4) is 0 Å². The van der Waals surface area contributed by atoms with Gasteiger partial charge < -0.3 is 4.74 Å². The quantitative estimate of drug-likeness (QED) is 0.552. The van der Waals surface area contributed by atoms with E-state index in [2.05, 4.69) is 15.3 Å². The molecule has 1 N–H and O–H groups in total. The molecule has 3 rings (SSSR count). The van der Waals surface area contributed by atoms with Gasteiger partial charge in [0, 0.05) is 11.4 Å². The lowest BCUT2D eigenvalue weighted by Gasteiger charge is -2.03. The molecular weight excluding hydrogens is 344 g/mol. The van der Waals surface area contributed by atoms with Crippen molar-refractivity contribution >= 4 is 30.0 Å². The molecule has 0 saturated heterocycles. The zero-order valence-corrected chi connectivity index (χ0v) is 14.5. The summed E-state index contributed by atoms with van der Waals surface area (Å²) in [5, 5.41) is 12.2. The predicted molar refractivity (Wildman–Crippen MR) is 97.7 cm³/mol. The fraction of sp³-hybridized carbons (Fsp3) is 0.118. The number of benzene rings is 2. The average molecular weight is 359 g/mol. The van der Waals surface area contributed by atoms with E-state index in [1.165, 1.54) is 0 Å². The maximum Gasteiger partial charge on any atom is 0.216 e. The summed E-state index contributed by atoms with van der Waals surface area (Å²) in [6.45, 7) is 0. The second-order valence-corrected chi connectivity index (χ2v) is 5.90. The molecule has 0 aliphatic rings. The summed E-state index contributed by atoms with van der Waals surface area (Å²) in [5.74, 6) is 1.55. The standard InChI is InChI=1S/C17H15ClN4OS/c1-23-15-8-4-12(5-9-15)10-16-20-21-17(24)22(16)19-11-13-2-6-14(18)7-3-13/h2-9,11H,10H2,1H3,(H,21,24)/b19-11-. The Hall–Kier alpha value is -2.44. The van der Waals surface area contributed by atoms with Gasteiger partial charge in [-0.3, -0.25) is 5.10 Å². The van der Waals surface area contributed by atoms with Gasteiger partial charge in [0.1, 0.15) is 5.75 Å². The Kier molecular flexibility index (Phi) is 5.08. The number of H-pyrrole nitrogens is 1. The highest BCUT2D eigenvalue weighted by molar-refractivity contribution is 7.71. The average Bonchev–Trinajstić information content (AvgIpc) is 2.95. The first kappa shape index (κ1) is 16.4. The number of nitrogens with zero attached hydrogens (tertiary/aromatic N) is 3. The molecule has 5 nitrogen and oxygen atoms in total. The van der Waals surface area contributed by atoms with E-state index in [1.807, 2.05) is 48.5 Å². The summed E-state index contributed by atoms with van der Waals surface area (Å²) < 4.78 is 7.23. The lowest BCUT2D eigenvalue weighted by Crippen LogP contribution is -2.00. The van der Waals surface area contributed by atoms with Crippen LogP contribution in [0, 0.1) is 4.77 Å². The topological polar surface area (TPSA) is 55.2 Å². The van der Waals surface area contributed by atoms with E-state index in [0.29, 0.717) is 16.2 Å². The van der Waals surface area contributed by atoms with Gasteiger partial charge in [0.25, 0.3) is 0 Å². The van der Waals surface area contributed by atoms with Crippen LogP contribution in [0.2, 0.25) is 5.02 Å². The Morgan fingerprint density at radius 3 is 2.58 bits per heavy atom. The van der Waals surface area contributed by atoms with Gasteiger partial charge >= 0.3 is 0 Å². The van der Waals surface area contributed by atoms with Gasteiger partial charge in [0.15, 0.2) is 5.82 Å². The van der Waals surface area contributed by atoms with Crippen LogP contribution < -0.4 is 4.74 Å². The third-order valence-electron chi connectivity index (χ3n) is 3.43. The van der Waals surface area contributed by atoms with E-state index in [4.69, 9.17) is 28.6 Å². The smallest absolute Gasteiger partial charge is 0.216 e. The summed E-state index contributed by atoms with van der Waals surface area (Å²) in [6, 6.07) is 15.2. The van der Waals surface area contributed by atoms with Crippen molar-refractivity contribution in [1.82, 2.24) is 14.9 Å². The number of ether oxygens (including phenoxy) is 1. The van der Waals surface area contributed by atoms with Crippen LogP contribution in [0.25, 0.3) is 0 Å². The number of nitrogens with one attached hydrogen (secondary N) is 1. The molecule has 2 aromatic carbocycles. The van der Waals surface area contributed by atoms with Crippen LogP contribution in [-0.4, -0.2) is 28.2 Å². The molecule has 0 radical (unpaired) electrons. The normalized spacial score (nSPS) is 11.1. The molecular formula is C17H15ClN4OS. The van der Waals surface area contributed by atoms with E-state index in [0.717, 1.165) is 22.7 Å². The summed E-state index contributed by atoms with van der Waals surface area (Å²) in [4.78, 5) is 0. The van der Waals surface area contributed by atoms with Crippen LogP contribution in [0.1, 0.15) is 17.0 Å². The molecule has 0 unspecified atom stereocenters. The third kappa shape index (κ3) is 3.90. The first-order valence-electron chi connectivity index (χ1n) is 7.25. The molecule has 0 saturated carbocycles. The zero-order chi connectivity index (χ0) is 16.9. The van der Waals surface area contributed by atoms with Crippen LogP contribution in [0.4, 0.5) is 0 Å². The minimum Gasteiger partial charge on any atom is -0.497 e. The first-order valence-corrected chi connectivity index (χ1v) is 8.03. The second kappa shape index (κ2) is 7.42. The molecule has 122 valence electrons. The Morgan fingerprint density at radius 1 is 1.21 bits per heavy atom. The summed E-state index contributed by atoms with van der Waals surface area (Å²) in [5.41, 5.74) is 2.02. The molecule has 7 heteroatoms. The Balaban J connectivity index is 1.82. The largest absolute Gasteiger partial charge is 0.497 e. The van der Waals surface area contributed by atoms with Crippen molar-refractivity contribution < 1.29 is 4.74 Å². The van der Waals surface area contributed by atoms with Crippen molar-refractivity contribution in [3.8, 4) is 5.75 Å². The Morgan fingerprint density at radius 2 is 1.92 bits per heavy atom. The number of methoxy groups -OCH3 is 1. The fourth-order valence-electron chi connectivity index (χ4n) is 2.16. The van der Waals surface area contributed by atoms with Gasteiger partial charge in [-0.05, 0) is 47.6 Å². The molecule has 0 spiro atoms. The zero-order valence-electron chi connectivity index (χ0n) is 12.9. The molecule has 0 aliphatic heterocycles. The van der Waals surface area contributed by atoms with Crippen LogP contribution in [0.15, 0.2) is 53.6 Å². The minimum atomic E-state index is 0.448. The summed E-state index contributed by atoms with van der Waals surface area (Å²) in [6.07, 6.45) is 2.33. The number of hydrogen-bond donors (Lipinski definition) is 1. The molecule has 0 aliphatic carbocycles. The van der Waals surface area contributed by atoms with E-state index in [1.54, 1.807) is 18.0 Å². The lowest BCUT2D eigenvalue weighted by molar-refractivity contribution is 0.414. The van der Waals surface area contributed by atoms with Gasteiger partial charge in [-0.25, -0.2) is 0 Å². The highest BCUT2D eigenvalue weighted by Gasteiger charge is 2.06. The van der Waals surface area contributed by atoms with Gasteiger partial charge in [0.2, 0.25) is 4.77 Å². The van der Waals surface area contributed by atoms with Gasteiger partial charge in [-0.15, -0.1) is 0 Å². The van der Waals surface area contributed by atoms with E-state index in [9.17, 15) is 0 Å². The minimum absolute atomic E-state index is 0.448. The van der Waals surface area contributed by atoms with Crippen LogP contribution >= 0.6 is 23.8 Å². The fourth-order valence-corrected chi connectivity index (χ4v) is 2.48. The van der Waals surface area contributed by atoms with E-state index < -0.39 is 0 Å². The molecule has 0 fully saturated rings. The molecule has 0 atom stereocenters. The molecule has 24 heavy (non-hydrogen) atoms. The van der Waals surface area contributed by atoms with E-state index >= 15 is 0 Å². The van der Waals surface area contributed by atoms with Crippen molar-refractivity contribution in [2.45, 2.75) is 6.42 Å². The maximum absolute atomic E-state index is 5.88. The number of aromatic nitrogens is 3. The Bertz CT molecular complexity index is 898. The second-order valence-electron chi connectivity index (χ2n) is 5.08. The maximum atomic E-state index is 5.88. The number of hydrogen-bond acceptors (Lipinski definition) is 4. The SMILES string of the molecule is COc1ccc(Cc2n[nH]c(=S)n2/N=C\c2ccc(Cl)cc2)cc1. The first-order chi connectivity index (χ1) is 11.7.